The average molecular weight is 312 g/mol. The fourth-order valence-electron chi connectivity index (χ4n) is 3.31. The minimum Gasteiger partial charge on any atom is -0.367 e. The van der Waals surface area contributed by atoms with Crippen LogP contribution in [0.25, 0.3) is 0 Å². The summed E-state index contributed by atoms with van der Waals surface area (Å²) < 4.78 is 13.9. The molecule has 3 rings (SSSR count). The van der Waals surface area contributed by atoms with Crippen molar-refractivity contribution in [3.8, 4) is 0 Å². The highest BCUT2D eigenvalue weighted by molar-refractivity contribution is 5.48. The predicted molar refractivity (Wildman–Crippen MR) is 94.4 cm³/mol. The van der Waals surface area contributed by atoms with Crippen molar-refractivity contribution in [2.45, 2.75) is 25.8 Å². The molecule has 0 aromatic heterocycles. The molecule has 0 N–H and O–H groups in total. The van der Waals surface area contributed by atoms with Gasteiger partial charge in [-0.15, -0.1) is 0 Å². The molecule has 1 aliphatic rings. The molecule has 1 aliphatic heterocycles. The number of hydrogen-bond donors (Lipinski definition) is 0. The predicted octanol–water partition coefficient (Wildman–Crippen LogP) is 3.97. The quantitative estimate of drug-likeness (QED) is 0.824. The Labute approximate surface area is 138 Å². The Hall–Kier alpha value is -1.87. The molecule has 1 fully saturated rings. The topological polar surface area (TPSA) is 6.48 Å². The Morgan fingerprint density at radius 2 is 1.57 bits per heavy atom. The molecule has 2 aromatic carbocycles. The molecule has 3 heteroatoms. The molecule has 1 atom stereocenters. The van der Waals surface area contributed by atoms with Crippen LogP contribution in [-0.2, 0) is 6.42 Å². The van der Waals surface area contributed by atoms with Crippen molar-refractivity contribution in [3.05, 3.63) is 66.0 Å². The van der Waals surface area contributed by atoms with Gasteiger partial charge in [0.05, 0.1) is 5.69 Å². The van der Waals surface area contributed by atoms with Gasteiger partial charge in [0.15, 0.2) is 0 Å². The fraction of sp³-hybridized carbons (Fsp3) is 0.400. The van der Waals surface area contributed by atoms with Gasteiger partial charge in [-0.2, -0.15) is 0 Å². The van der Waals surface area contributed by atoms with Gasteiger partial charge in [0, 0.05) is 32.2 Å². The Kier molecular flexibility index (Phi) is 5.29. The number of para-hydroxylation sites is 1. The lowest BCUT2D eigenvalue weighted by molar-refractivity contribution is 0.188. The number of benzene rings is 2. The summed E-state index contributed by atoms with van der Waals surface area (Å²) in [6.45, 7) is 6.11. The summed E-state index contributed by atoms with van der Waals surface area (Å²) in [7, 11) is 0. The SMILES string of the molecule is C[C@@H](CCc1ccccc1)N1CCN(c2ccccc2F)CC1. The molecule has 2 aromatic rings. The first-order valence-electron chi connectivity index (χ1n) is 8.51. The molecule has 0 spiro atoms. The molecule has 122 valence electrons. The average Bonchev–Trinajstić information content (AvgIpc) is 2.61. The van der Waals surface area contributed by atoms with E-state index >= 15 is 0 Å². The summed E-state index contributed by atoms with van der Waals surface area (Å²) in [5.74, 6) is -0.113. The Bertz CT molecular complexity index is 606. The highest BCUT2D eigenvalue weighted by atomic mass is 19.1. The summed E-state index contributed by atoms with van der Waals surface area (Å²) >= 11 is 0. The lowest BCUT2D eigenvalue weighted by Crippen LogP contribution is -2.50. The van der Waals surface area contributed by atoms with Gasteiger partial charge in [-0.3, -0.25) is 4.90 Å². The van der Waals surface area contributed by atoms with Crippen molar-refractivity contribution in [3.63, 3.8) is 0 Å². The summed E-state index contributed by atoms with van der Waals surface area (Å²) in [5.41, 5.74) is 2.15. The smallest absolute Gasteiger partial charge is 0.146 e. The maximum absolute atomic E-state index is 13.9. The van der Waals surface area contributed by atoms with Crippen LogP contribution < -0.4 is 4.90 Å². The van der Waals surface area contributed by atoms with E-state index in [4.69, 9.17) is 0 Å². The number of halogens is 1. The lowest BCUT2D eigenvalue weighted by Gasteiger charge is -2.39. The van der Waals surface area contributed by atoms with E-state index in [1.807, 2.05) is 12.1 Å². The minimum atomic E-state index is -0.113. The van der Waals surface area contributed by atoms with Gasteiger partial charge in [-0.05, 0) is 37.5 Å². The van der Waals surface area contributed by atoms with Crippen LogP contribution in [0, 0.1) is 5.82 Å². The van der Waals surface area contributed by atoms with Crippen LogP contribution in [0.3, 0.4) is 0 Å². The van der Waals surface area contributed by atoms with Crippen molar-refractivity contribution in [2.75, 3.05) is 31.1 Å². The zero-order valence-electron chi connectivity index (χ0n) is 13.8. The van der Waals surface area contributed by atoms with Crippen molar-refractivity contribution in [2.24, 2.45) is 0 Å². The van der Waals surface area contributed by atoms with E-state index in [1.165, 1.54) is 12.0 Å². The minimum absolute atomic E-state index is 0.113. The van der Waals surface area contributed by atoms with Gasteiger partial charge in [-0.25, -0.2) is 4.39 Å². The Balaban J connectivity index is 1.49. The van der Waals surface area contributed by atoms with Crippen molar-refractivity contribution >= 4 is 5.69 Å². The maximum atomic E-state index is 13.9. The van der Waals surface area contributed by atoms with Crippen LogP contribution >= 0.6 is 0 Å². The Morgan fingerprint density at radius 1 is 0.913 bits per heavy atom. The van der Waals surface area contributed by atoms with Crippen LogP contribution in [0.15, 0.2) is 54.6 Å². The second-order valence-corrected chi connectivity index (χ2v) is 6.35. The second kappa shape index (κ2) is 7.60. The Morgan fingerprint density at radius 3 is 2.26 bits per heavy atom. The normalized spacial score (nSPS) is 17.2. The molecule has 0 radical (unpaired) electrons. The number of nitrogens with zero attached hydrogens (tertiary/aromatic N) is 2. The van der Waals surface area contributed by atoms with E-state index in [0.29, 0.717) is 6.04 Å². The summed E-state index contributed by atoms with van der Waals surface area (Å²) in [6.07, 6.45) is 2.29. The number of anilines is 1. The highest BCUT2D eigenvalue weighted by Gasteiger charge is 2.22. The first kappa shape index (κ1) is 16.0. The summed E-state index contributed by atoms with van der Waals surface area (Å²) in [6, 6.07) is 18.3. The summed E-state index contributed by atoms with van der Waals surface area (Å²) in [4.78, 5) is 4.69. The summed E-state index contributed by atoms with van der Waals surface area (Å²) in [5, 5.41) is 0. The molecule has 0 aliphatic carbocycles. The third-order valence-electron chi connectivity index (χ3n) is 4.82. The standard InChI is InChI=1S/C20H25FN2/c1-17(11-12-18-7-3-2-4-8-18)22-13-15-23(16-14-22)20-10-6-5-9-19(20)21/h2-10,17H,11-16H2,1H3/t17-/m0/s1. The van der Waals surface area contributed by atoms with E-state index < -0.39 is 0 Å². The largest absolute Gasteiger partial charge is 0.367 e. The second-order valence-electron chi connectivity index (χ2n) is 6.35. The highest BCUT2D eigenvalue weighted by Crippen LogP contribution is 2.21. The van der Waals surface area contributed by atoms with E-state index in [2.05, 4.69) is 47.1 Å². The van der Waals surface area contributed by atoms with Gasteiger partial charge < -0.3 is 4.90 Å². The van der Waals surface area contributed by atoms with E-state index in [1.54, 1.807) is 12.1 Å². The van der Waals surface area contributed by atoms with Gasteiger partial charge >= 0.3 is 0 Å². The van der Waals surface area contributed by atoms with Crippen molar-refractivity contribution in [1.29, 1.82) is 0 Å². The monoisotopic (exact) mass is 312 g/mol. The molecular weight excluding hydrogens is 287 g/mol. The number of rotatable bonds is 5. The third kappa shape index (κ3) is 4.11. The maximum Gasteiger partial charge on any atom is 0.146 e. The first-order valence-corrected chi connectivity index (χ1v) is 8.51. The molecule has 0 amide bonds. The van der Waals surface area contributed by atoms with E-state index in [-0.39, 0.29) is 5.82 Å². The van der Waals surface area contributed by atoms with Crippen LogP contribution in [0.2, 0.25) is 0 Å². The van der Waals surface area contributed by atoms with Crippen LogP contribution in [0.1, 0.15) is 18.9 Å². The number of hydrogen-bond acceptors (Lipinski definition) is 2. The van der Waals surface area contributed by atoms with Crippen LogP contribution in [0.5, 0.6) is 0 Å². The molecule has 1 heterocycles. The zero-order valence-corrected chi connectivity index (χ0v) is 13.8. The molecule has 0 unspecified atom stereocenters. The molecule has 0 bridgehead atoms. The molecular formula is C20H25FN2. The molecule has 23 heavy (non-hydrogen) atoms. The number of aryl methyl sites for hydroxylation is 1. The van der Waals surface area contributed by atoms with Crippen LogP contribution in [0.4, 0.5) is 10.1 Å². The number of piperazine rings is 1. The zero-order chi connectivity index (χ0) is 16.1. The van der Waals surface area contributed by atoms with Crippen molar-refractivity contribution < 1.29 is 4.39 Å². The lowest BCUT2D eigenvalue weighted by atomic mass is 10.0. The molecule has 0 saturated carbocycles. The van der Waals surface area contributed by atoms with Gasteiger partial charge in [-0.1, -0.05) is 42.5 Å². The van der Waals surface area contributed by atoms with Gasteiger partial charge in [0.2, 0.25) is 0 Å². The van der Waals surface area contributed by atoms with Gasteiger partial charge in [0.25, 0.3) is 0 Å². The van der Waals surface area contributed by atoms with E-state index in [9.17, 15) is 4.39 Å². The fourth-order valence-corrected chi connectivity index (χ4v) is 3.31. The molecule has 1 saturated heterocycles. The van der Waals surface area contributed by atoms with E-state index in [0.717, 1.165) is 38.3 Å². The first-order chi connectivity index (χ1) is 11.2. The van der Waals surface area contributed by atoms with Crippen molar-refractivity contribution in [1.82, 2.24) is 4.90 Å². The van der Waals surface area contributed by atoms with Gasteiger partial charge in [0.1, 0.15) is 5.82 Å². The van der Waals surface area contributed by atoms with Crippen LogP contribution in [-0.4, -0.2) is 37.1 Å². The third-order valence-corrected chi connectivity index (χ3v) is 4.82. The molecule has 2 nitrogen and oxygen atoms in total.